The summed E-state index contributed by atoms with van der Waals surface area (Å²) in [5, 5.41) is 10.2. The maximum Gasteiger partial charge on any atom is 0.00774 e. The van der Waals surface area contributed by atoms with Crippen LogP contribution in [0.25, 0.3) is 11.6 Å². The predicted molar refractivity (Wildman–Crippen MR) is 182 cm³/mol. The van der Waals surface area contributed by atoms with Gasteiger partial charge in [-0.15, -0.1) is 0 Å². The lowest BCUT2D eigenvalue weighted by Gasteiger charge is -2.10. The molecule has 0 amide bonds. The van der Waals surface area contributed by atoms with Crippen LogP contribution in [0.2, 0.25) is 0 Å². The molecule has 0 atom stereocenters. The van der Waals surface area contributed by atoms with E-state index in [9.17, 15) is 0 Å². The summed E-state index contributed by atoms with van der Waals surface area (Å²) in [7, 11) is 1.91. The van der Waals surface area contributed by atoms with Gasteiger partial charge in [0.25, 0.3) is 0 Å². The van der Waals surface area contributed by atoms with E-state index >= 15 is 0 Å². The van der Waals surface area contributed by atoms with Crippen molar-refractivity contribution in [1.82, 2.24) is 11.5 Å². The molecule has 3 heteroatoms. The Labute approximate surface area is 248 Å². The lowest BCUT2D eigenvalue weighted by molar-refractivity contribution is 0.908. The lowest BCUT2D eigenvalue weighted by atomic mass is 9.96. The number of rotatable bonds is 8. The van der Waals surface area contributed by atoms with E-state index in [2.05, 4.69) is 128 Å². The summed E-state index contributed by atoms with van der Waals surface area (Å²) in [6.07, 6.45) is 37.0. The second kappa shape index (κ2) is 19.8. The Balaban J connectivity index is 0.000000301. The molecule has 41 heavy (non-hydrogen) atoms. The quantitative estimate of drug-likeness (QED) is 0.175. The molecule has 0 radical (unpaired) electrons. The highest BCUT2D eigenvalue weighted by Gasteiger charge is 2.03. The van der Waals surface area contributed by atoms with Crippen LogP contribution in [0.3, 0.4) is 0 Å². The van der Waals surface area contributed by atoms with Crippen LogP contribution in [0.5, 0.6) is 0 Å². The monoisotopic (exact) mass is 545 g/mol. The number of nitrogens with one attached hydrogen (secondary N) is 2. The van der Waals surface area contributed by atoms with Crippen LogP contribution in [-0.2, 0) is 12.8 Å². The maximum atomic E-state index is 7.20. The Morgan fingerprint density at radius 3 is 2.41 bits per heavy atom. The number of benzene rings is 2. The molecule has 3 nitrogen and oxygen atoms in total. The Morgan fingerprint density at radius 2 is 1.71 bits per heavy atom. The van der Waals surface area contributed by atoms with Crippen LogP contribution in [0.15, 0.2) is 133 Å². The Morgan fingerprint density at radius 1 is 0.927 bits per heavy atom. The fourth-order valence-electron chi connectivity index (χ4n) is 4.66. The first-order valence-electron chi connectivity index (χ1n) is 14.4. The van der Waals surface area contributed by atoms with Gasteiger partial charge in [-0.25, -0.2) is 0 Å². The zero-order valence-electron chi connectivity index (χ0n) is 24.9. The summed E-state index contributed by atoms with van der Waals surface area (Å²) < 4.78 is 0. The summed E-state index contributed by atoms with van der Waals surface area (Å²) in [6.45, 7) is 2.07. The molecular weight excluding hydrogens is 498 g/mol. The van der Waals surface area contributed by atoms with Crippen molar-refractivity contribution >= 4 is 17.9 Å². The first-order valence-corrected chi connectivity index (χ1v) is 14.4. The van der Waals surface area contributed by atoms with E-state index < -0.39 is 0 Å². The predicted octanol–water partition coefficient (Wildman–Crippen LogP) is 9.92. The maximum absolute atomic E-state index is 7.20. The van der Waals surface area contributed by atoms with Crippen molar-refractivity contribution in [2.75, 3.05) is 7.05 Å². The Hall–Kier alpha value is -4.21. The molecule has 0 saturated heterocycles. The lowest BCUT2D eigenvalue weighted by Crippen LogP contribution is -1.93. The minimum atomic E-state index is 0. The van der Waals surface area contributed by atoms with Crippen LogP contribution in [0.4, 0.5) is 0 Å². The van der Waals surface area contributed by atoms with Crippen molar-refractivity contribution in [3.63, 3.8) is 0 Å². The van der Waals surface area contributed by atoms with E-state index in [0.717, 1.165) is 32.1 Å². The third-order valence-electron chi connectivity index (χ3n) is 6.86. The summed E-state index contributed by atoms with van der Waals surface area (Å²) in [6, 6.07) is 17.2. The van der Waals surface area contributed by atoms with Gasteiger partial charge in [0, 0.05) is 13.5 Å². The van der Waals surface area contributed by atoms with Gasteiger partial charge in [0.1, 0.15) is 0 Å². The van der Waals surface area contributed by atoms with E-state index in [1.165, 1.54) is 58.0 Å². The van der Waals surface area contributed by atoms with Gasteiger partial charge in [0.15, 0.2) is 0 Å². The molecule has 0 aromatic heterocycles. The van der Waals surface area contributed by atoms with E-state index in [1.54, 1.807) is 0 Å². The first kappa shape index (κ1) is 33.0. The normalized spacial score (nSPS) is 19.6. The van der Waals surface area contributed by atoms with E-state index in [0.29, 0.717) is 0 Å². The van der Waals surface area contributed by atoms with Gasteiger partial charge in [-0.3, -0.25) is 0 Å². The van der Waals surface area contributed by atoms with E-state index in [4.69, 9.17) is 5.41 Å². The molecule has 0 spiro atoms. The molecule has 2 aromatic rings. The third kappa shape index (κ3) is 12.2. The van der Waals surface area contributed by atoms with Gasteiger partial charge in [-0.1, -0.05) is 121 Å². The van der Waals surface area contributed by atoms with Gasteiger partial charge in [0.2, 0.25) is 0 Å². The van der Waals surface area contributed by atoms with Crippen molar-refractivity contribution < 1.29 is 0 Å². The van der Waals surface area contributed by atoms with Crippen LogP contribution in [0, 0.1) is 5.41 Å². The van der Waals surface area contributed by atoms with Crippen LogP contribution in [-0.4, -0.2) is 13.3 Å². The van der Waals surface area contributed by atoms with Gasteiger partial charge in [0.05, 0.1) is 0 Å². The highest BCUT2D eigenvalue weighted by molar-refractivity contribution is 5.73. The summed E-state index contributed by atoms with van der Waals surface area (Å²) in [5.41, 5.74) is 9.22. The number of allylic oxidation sites excluding steroid dienone is 14. The number of hydrogen-bond donors (Lipinski definition) is 3. The molecule has 4 rings (SSSR count). The van der Waals surface area contributed by atoms with Crippen molar-refractivity contribution in [3.8, 4) is 0 Å². The van der Waals surface area contributed by atoms with Gasteiger partial charge in [-0.2, -0.15) is 0 Å². The van der Waals surface area contributed by atoms with Crippen molar-refractivity contribution in [2.45, 2.75) is 51.9 Å². The molecule has 0 bridgehead atoms. The van der Waals surface area contributed by atoms with Crippen molar-refractivity contribution in [3.05, 3.63) is 155 Å². The molecule has 0 unspecified atom stereocenters. The molecule has 2 aliphatic carbocycles. The SMILES string of the molecule is C/C=C(\C=C/NC)c1ccc(CC2=C/C/C=C\C=C/C/C=C\2)cc1.N.N=CCc1ccccc1/C=C1\CC=CCC1. The average Bonchev–Trinajstić information content (AvgIpc) is 2.99. The van der Waals surface area contributed by atoms with Crippen molar-refractivity contribution in [1.29, 1.82) is 5.41 Å². The average molecular weight is 546 g/mol. The topological polar surface area (TPSA) is 70.9 Å². The van der Waals surface area contributed by atoms with Crippen LogP contribution < -0.4 is 11.5 Å². The highest BCUT2D eigenvalue weighted by atomic mass is 14.8. The second-order valence-corrected chi connectivity index (χ2v) is 9.87. The second-order valence-electron chi connectivity index (χ2n) is 9.87. The molecule has 5 N–H and O–H groups in total. The summed E-state index contributed by atoms with van der Waals surface area (Å²) >= 11 is 0. The molecular formula is C38H47N3. The van der Waals surface area contributed by atoms with Crippen molar-refractivity contribution in [2.24, 2.45) is 0 Å². The molecule has 0 heterocycles. The largest absolute Gasteiger partial charge is 0.394 e. The molecule has 0 aliphatic heterocycles. The van der Waals surface area contributed by atoms with Gasteiger partial charge in [-0.05, 0) is 97.3 Å². The smallest absolute Gasteiger partial charge is 0.00774 e. The van der Waals surface area contributed by atoms with E-state index in [-0.39, 0.29) is 6.15 Å². The Kier molecular flexibility index (Phi) is 15.9. The van der Waals surface area contributed by atoms with Crippen LogP contribution in [0.1, 0.15) is 61.3 Å². The van der Waals surface area contributed by atoms with Gasteiger partial charge < -0.3 is 16.9 Å². The molecule has 0 fully saturated rings. The molecule has 214 valence electrons. The minimum Gasteiger partial charge on any atom is -0.394 e. The first-order chi connectivity index (χ1) is 19.7. The zero-order chi connectivity index (χ0) is 28.3. The molecule has 0 saturated carbocycles. The fraction of sp³-hybridized carbons (Fsp3) is 0.237. The highest BCUT2D eigenvalue weighted by Crippen LogP contribution is 2.22. The van der Waals surface area contributed by atoms with Crippen LogP contribution >= 0.6 is 0 Å². The molecule has 2 aliphatic rings. The minimum absolute atomic E-state index is 0. The Bertz CT molecular complexity index is 1310. The van der Waals surface area contributed by atoms with Gasteiger partial charge >= 0.3 is 0 Å². The fourth-order valence-corrected chi connectivity index (χ4v) is 4.66. The standard InChI is InChI=1S/C23H27N.C15H17N.H3N/c1-3-22(17-18-24-2)23-15-13-21(14-16-23)19-20-11-9-7-5-4-6-8-10-12-20;16-11-10-14-8-4-5-9-15(14)12-13-6-2-1-3-7-13;/h3-7,10-18,24H,8-9,19H2,1-2H3;1-2,4-5,8-9,11-12,16H,3,6-7,10H2;1H3/b6-4-,7-5-,12-10-,18-17-,20-11+,22-3+;13-12+,16-11?;. The molecule has 2 aromatic carbocycles. The third-order valence-corrected chi connectivity index (χ3v) is 6.86. The zero-order valence-corrected chi connectivity index (χ0v) is 24.9. The van der Waals surface area contributed by atoms with E-state index in [1.807, 2.05) is 19.3 Å². The summed E-state index contributed by atoms with van der Waals surface area (Å²) in [5.74, 6) is 0. The number of hydrogen-bond acceptors (Lipinski definition) is 3. The summed E-state index contributed by atoms with van der Waals surface area (Å²) in [4.78, 5) is 0.